The van der Waals surface area contributed by atoms with Gasteiger partial charge in [-0.2, -0.15) is 4.31 Å². The number of carbonyl (C=O) groups excluding carboxylic acids is 2. The second-order valence-corrected chi connectivity index (χ2v) is 8.79. The van der Waals surface area contributed by atoms with Crippen molar-refractivity contribution in [2.24, 2.45) is 0 Å². The van der Waals surface area contributed by atoms with Gasteiger partial charge in [0.2, 0.25) is 10.0 Å². The standard InChI is InChI=1S/C18H25ClN2O5S/c1-3-9-20-17(22)13(2)26-18(23)15-12-14(7-8-16(15)19)27(24,25)21-10-5-4-6-11-21/h7-8,12-13H,3-6,9-11H2,1-2H3,(H,20,22)/t13-/m1/s1. The van der Waals surface area contributed by atoms with Crippen molar-refractivity contribution < 1.29 is 22.7 Å². The summed E-state index contributed by atoms with van der Waals surface area (Å²) < 4.78 is 32.1. The Labute approximate surface area is 165 Å². The molecule has 1 aromatic carbocycles. The van der Waals surface area contributed by atoms with Crippen molar-refractivity contribution in [1.82, 2.24) is 9.62 Å². The molecule has 150 valence electrons. The van der Waals surface area contributed by atoms with Gasteiger partial charge in [0.15, 0.2) is 6.10 Å². The Bertz CT molecular complexity index is 791. The SMILES string of the molecule is CCCNC(=O)[C@@H](C)OC(=O)c1cc(S(=O)(=O)N2CCCCC2)ccc1Cl. The lowest BCUT2D eigenvalue weighted by Gasteiger charge is -2.26. The molecule has 0 bridgehead atoms. The number of sulfonamides is 1. The molecule has 0 radical (unpaired) electrons. The molecule has 0 saturated carbocycles. The van der Waals surface area contributed by atoms with Crippen molar-refractivity contribution >= 4 is 33.5 Å². The van der Waals surface area contributed by atoms with Gasteiger partial charge in [-0.1, -0.05) is 24.9 Å². The van der Waals surface area contributed by atoms with Crippen molar-refractivity contribution in [3.8, 4) is 0 Å². The van der Waals surface area contributed by atoms with Gasteiger partial charge >= 0.3 is 5.97 Å². The molecule has 0 unspecified atom stereocenters. The highest BCUT2D eigenvalue weighted by Gasteiger charge is 2.28. The van der Waals surface area contributed by atoms with Crippen LogP contribution in [-0.2, 0) is 19.6 Å². The molecule has 1 heterocycles. The first kappa shape index (κ1) is 21.7. The number of benzene rings is 1. The van der Waals surface area contributed by atoms with E-state index in [0.717, 1.165) is 25.7 Å². The van der Waals surface area contributed by atoms with Gasteiger partial charge in [-0.05, 0) is 44.4 Å². The molecule has 1 fully saturated rings. The molecule has 2 rings (SSSR count). The summed E-state index contributed by atoms with van der Waals surface area (Å²) in [6.45, 7) is 4.75. The van der Waals surface area contributed by atoms with Crippen molar-refractivity contribution in [3.05, 3.63) is 28.8 Å². The third kappa shape index (κ3) is 5.43. The molecular formula is C18H25ClN2O5S. The monoisotopic (exact) mass is 416 g/mol. The van der Waals surface area contributed by atoms with E-state index in [2.05, 4.69) is 5.32 Å². The number of hydrogen-bond acceptors (Lipinski definition) is 5. The number of rotatable bonds is 7. The van der Waals surface area contributed by atoms with Gasteiger partial charge in [0, 0.05) is 19.6 Å². The summed E-state index contributed by atoms with van der Waals surface area (Å²) in [5.74, 6) is -1.26. The van der Waals surface area contributed by atoms with Crippen LogP contribution in [0.15, 0.2) is 23.1 Å². The van der Waals surface area contributed by atoms with Gasteiger partial charge in [0.25, 0.3) is 5.91 Å². The molecule has 9 heteroatoms. The average Bonchev–Trinajstić information content (AvgIpc) is 2.66. The fraction of sp³-hybridized carbons (Fsp3) is 0.556. The van der Waals surface area contributed by atoms with Crippen LogP contribution in [0.4, 0.5) is 0 Å². The number of nitrogens with zero attached hydrogens (tertiary/aromatic N) is 1. The summed E-state index contributed by atoms with van der Waals surface area (Å²) in [4.78, 5) is 24.3. The van der Waals surface area contributed by atoms with E-state index in [9.17, 15) is 18.0 Å². The van der Waals surface area contributed by atoms with E-state index in [1.165, 1.54) is 29.4 Å². The minimum absolute atomic E-state index is 0.0103. The first-order valence-electron chi connectivity index (χ1n) is 9.05. The van der Waals surface area contributed by atoms with E-state index in [1.807, 2.05) is 6.92 Å². The average molecular weight is 417 g/mol. The molecule has 0 aliphatic carbocycles. The Hall–Kier alpha value is -1.64. The molecule has 1 aliphatic heterocycles. The van der Waals surface area contributed by atoms with Gasteiger partial charge in [0.05, 0.1) is 15.5 Å². The molecule has 1 saturated heterocycles. The van der Waals surface area contributed by atoms with Crippen LogP contribution in [0.2, 0.25) is 5.02 Å². The molecule has 1 N–H and O–H groups in total. The summed E-state index contributed by atoms with van der Waals surface area (Å²) in [6.07, 6.45) is 2.37. The Kier molecular flexibility index (Phi) is 7.64. The summed E-state index contributed by atoms with van der Waals surface area (Å²) in [6, 6.07) is 3.95. The molecule has 1 aromatic rings. The van der Waals surface area contributed by atoms with Gasteiger partial charge < -0.3 is 10.1 Å². The second-order valence-electron chi connectivity index (χ2n) is 6.44. The van der Waals surface area contributed by atoms with Crippen LogP contribution >= 0.6 is 11.6 Å². The summed E-state index contributed by atoms with van der Waals surface area (Å²) in [5, 5.41) is 2.70. The maximum atomic E-state index is 12.8. The van der Waals surface area contributed by atoms with Crippen LogP contribution in [0.3, 0.4) is 0 Å². The molecule has 7 nitrogen and oxygen atoms in total. The van der Waals surface area contributed by atoms with Crippen LogP contribution in [0.5, 0.6) is 0 Å². The molecule has 1 aliphatic rings. The minimum atomic E-state index is -3.70. The zero-order valence-electron chi connectivity index (χ0n) is 15.5. The quantitative estimate of drug-likeness (QED) is 0.689. The summed E-state index contributed by atoms with van der Waals surface area (Å²) in [7, 11) is -3.70. The number of esters is 1. The van der Waals surface area contributed by atoms with Crippen molar-refractivity contribution in [1.29, 1.82) is 0 Å². The van der Waals surface area contributed by atoms with Gasteiger partial charge in [-0.15, -0.1) is 0 Å². The van der Waals surface area contributed by atoms with E-state index in [0.29, 0.717) is 19.6 Å². The fourth-order valence-electron chi connectivity index (χ4n) is 2.75. The number of amides is 1. The Morgan fingerprint density at radius 1 is 1.26 bits per heavy atom. The van der Waals surface area contributed by atoms with Gasteiger partial charge in [-0.3, -0.25) is 4.79 Å². The predicted molar refractivity (Wildman–Crippen MR) is 102 cm³/mol. The Morgan fingerprint density at radius 3 is 2.56 bits per heavy atom. The number of piperidine rings is 1. The molecule has 27 heavy (non-hydrogen) atoms. The number of carbonyl (C=O) groups is 2. The third-order valence-corrected chi connectivity index (χ3v) is 6.54. The maximum Gasteiger partial charge on any atom is 0.340 e. The van der Waals surface area contributed by atoms with Crippen molar-refractivity contribution in [2.45, 2.75) is 50.5 Å². The first-order valence-corrected chi connectivity index (χ1v) is 10.9. The lowest BCUT2D eigenvalue weighted by molar-refractivity contribution is -0.129. The number of ether oxygens (including phenoxy) is 1. The molecular weight excluding hydrogens is 392 g/mol. The van der Waals surface area contributed by atoms with Crippen LogP contribution in [0.25, 0.3) is 0 Å². The zero-order valence-corrected chi connectivity index (χ0v) is 17.1. The molecule has 0 aromatic heterocycles. The number of halogens is 1. The highest BCUT2D eigenvalue weighted by atomic mass is 35.5. The number of hydrogen-bond donors (Lipinski definition) is 1. The normalized spacial score (nSPS) is 16.6. The minimum Gasteiger partial charge on any atom is -0.449 e. The van der Waals surface area contributed by atoms with Crippen LogP contribution in [0.1, 0.15) is 49.9 Å². The van der Waals surface area contributed by atoms with E-state index >= 15 is 0 Å². The maximum absolute atomic E-state index is 12.8. The van der Waals surface area contributed by atoms with Gasteiger partial charge in [0.1, 0.15) is 0 Å². The molecule has 1 atom stereocenters. The van der Waals surface area contributed by atoms with Crippen molar-refractivity contribution in [3.63, 3.8) is 0 Å². The summed E-state index contributed by atoms with van der Waals surface area (Å²) >= 11 is 6.06. The van der Waals surface area contributed by atoms with Crippen LogP contribution in [-0.4, -0.2) is 50.3 Å². The summed E-state index contributed by atoms with van der Waals surface area (Å²) in [5.41, 5.74) is -0.0788. The highest BCUT2D eigenvalue weighted by Crippen LogP contribution is 2.25. The largest absolute Gasteiger partial charge is 0.449 e. The fourth-order valence-corrected chi connectivity index (χ4v) is 4.48. The zero-order chi connectivity index (χ0) is 20.0. The van der Waals surface area contributed by atoms with Gasteiger partial charge in [-0.25, -0.2) is 13.2 Å². The van der Waals surface area contributed by atoms with Crippen LogP contribution < -0.4 is 5.32 Å². The number of nitrogens with one attached hydrogen (secondary N) is 1. The van der Waals surface area contributed by atoms with Crippen LogP contribution in [0, 0.1) is 0 Å². The Balaban J connectivity index is 2.19. The molecule has 0 spiro atoms. The van der Waals surface area contributed by atoms with E-state index in [-0.39, 0.29) is 15.5 Å². The smallest absolute Gasteiger partial charge is 0.340 e. The second kappa shape index (κ2) is 9.52. The topological polar surface area (TPSA) is 92.8 Å². The van der Waals surface area contributed by atoms with Crippen molar-refractivity contribution in [2.75, 3.05) is 19.6 Å². The highest BCUT2D eigenvalue weighted by molar-refractivity contribution is 7.89. The van der Waals surface area contributed by atoms with E-state index < -0.39 is 28.0 Å². The van der Waals surface area contributed by atoms with E-state index in [1.54, 1.807) is 0 Å². The lowest BCUT2D eigenvalue weighted by atomic mass is 10.2. The first-order chi connectivity index (χ1) is 12.8. The predicted octanol–water partition coefficient (Wildman–Crippen LogP) is 2.59. The Morgan fingerprint density at radius 2 is 1.93 bits per heavy atom. The van der Waals surface area contributed by atoms with E-state index in [4.69, 9.17) is 16.3 Å². The third-order valence-electron chi connectivity index (χ3n) is 4.31. The lowest BCUT2D eigenvalue weighted by Crippen LogP contribution is -2.36. The molecule has 1 amide bonds.